The standard InChI is InChI=1S/C21H15Cl2N3OS2.ClH/c1-13-12-28-21(25-13)26-20-18(27-15-5-3-2-4-6-15)10-16(11-24-20)29-19-9-14(22)7-8-17(19)23;/h2-12H,1H3,(H,24,25,26);1H. The highest BCUT2D eigenvalue weighted by molar-refractivity contribution is 7.99. The molecule has 154 valence electrons. The van der Waals surface area contributed by atoms with Crippen LogP contribution in [0.1, 0.15) is 5.69 Å². The number of aryl methyl sites for hydroxylation is 1. The van der Waals surface area contributed by atoms with Crippen molar-refractivity contribution in [2.75, 3.05) is 5.32 Å². The Morgan fingerprint density at radius 2 is 1.87 bits per heavy atom. The van der Waals surface area contributed by atoms with Crippen LogP contribution in [0.25, 0.3) is 0 Å². The van der Waals surface area contributed by atoms with Crippen LogP contribution < -0.4 is 10.1 Å². The predicted octanol–water partition coefficient (Wildman–Crippen LogP) is 8.26. The topological polar surface area (TPSA) is 47.0 Å². The lowest BCUT2D eigenvalue weighted by Crippen LogP contribution is -1.97. The highest BCUT2D eigenvalue weighted by atomic mass is 35.5. The molecule has 4 aromatic rings. The van der Waals surface area contributed by atoms with Gasteiger partial charge in [0.1, 0.15) is 5.75 Å². The van der Waals surface area contributed by atoms with Crippen LogP contribution in [0, 0.1) is 6.92 Å². The molecule has 0 aliphatic rings. The Kier molecular flexibility index (Phi) is 7.86. The predicted molar refractivity (Wildman–Crippen MR) is 129 cm³/mol. The summed E-state index contributed by atoms with van der Waals surface area (Å²) in [5.41, 5.74) is 0.950. The molecule has 0 amide bonds. The van der Waals surface area contributed by atoms with Crippen LogP contribution in [0.4, 0.5) is 10.9 Å². The number of benzene rings is 2. The fourth-order valence-electron chi connectivity index (χ4n) is 2.46. The Bertz CT molecular complexity index is 1140. The van der Waals surface area contributed by atoms with Gasteiger partial charge < -0.3 is 10.1 Å². The minimum absolute atomic E-state index is 0. The smallest absolute Gasteiger partial charge is 0.188 e. The molecule has 0 unspecified atom stereocenters. The van der Waals surface area contributed by atoms with Crippen molar-refractivity contribution in [3.8, 4) is 11.5 Å². The van der Waals surface area contributed by atoms with Gasteiger partial charge in [0, 0.05) is 32.5 Å². The molecule has 4 rings (SSSR count). The second-order valence-electron chi connectivity index (χ2n) is 6.03. The van der Waals surface area contributed by atoms with E-state index >= 15 is 0 Å². The summed E-state index contributed by atoms with van der Waals surface area (Å²) >= 11 is 15.4. The van der Waals surface area contributed by atoms with Crippen molar-refractivity contribution < 1.29 is 4.74 Å². The maximum atomic E-state index is 6.31. The quantitative estimate of drug-likeness (QED) is 0.291. The molecule has 4 nitrogen and oxygen atoms in total. The van der Waals surface area contributed by atoms with Crippen molar-refractivity contribution in [1.82, 2.24) is 9.97 Å². The Balaban J connectivity index is 0.00000256. The van der Waals surface area contributed by atoms with Gasteiger partial charge in [-0.25, -0.2) is 9.97 Å². The molecule has 0 fully saturated rings. The molecule has 0 spiro atoms. The van der Waals surface area contributed by atoms with Crippen LogP contribution in [0.3, 0.4) is 0 Å². The van der Waals surface area contributed by atoms with Gasteiger partial charge in [0.25, 0.3) is 0 Å². The number of halogens is 3. The van der Waals surface area contributed by atoms with Crippen LogP contribution in [-0.2, 0) is 0 Å². The monoisotopic (exact) mass is 495 g/mol. The van der Waals surface area contributed by atoms with Gasteiger partial charge >= 0.3 is 0 Å². The Morgan fingerprint density at radius 1 is 1.07 bits per heavy atom. The zero-order valence-corrected chi connectivity index (χ0v) is 19.6. The maximum Gasteiger partial charge on any atom is 0.188 e. The van der Waals surface area contributed by atoms with Gasteiger partial charge in [0.15, 0.2) is 16.7 Å². The minimum Gasteiger partial charge on any atom is -0.453 e. The minimum atomic E-state index is 0. The summed E-state index contributed by atoms with van der Waals surface area (Å²) in [5, 5.41) is 7.23. The van der Waals surface area contributed by atoms with Crippen molar-refractivity contribution in [1.29, 1.82) is 0 Å². The lowest BCUT2D eigenvalue weighted by molar-refractivity contribution is 0.481. The van der Waals surface area contributed by atoms with Crippen molar-refractivity contribution in [3.05, 3.63) is 81.9 Å². The molecule has 1 N–H and O–H groups in total. The zero-order chi connectivity index (χ0) is 20.2. The fraction of sp³-hybridized carbons (Fsp3) is 0.0476. The highest BCUT2D eigenvalue weighted by Crippen LogP contribution is 2.39. The molecule has 0 radical (unpaired) electrons. The van der Waals surface area contributed by atoms with Gasteiger partial charge in [-0.05, 0) is 37.3 Å². The molecule has 0 atom stereocenters. The maximum absolute atomic E-state index is 6.31. The third-order valence-electron chi connectivity index (χ3n) is 3.76. The number of aromatic nitrogens is 2. The summed E-state index contributed by atoms with van der Waals surface area (Å²) < 4.78 is 6.10. The molecule has 2 aromatic heterocycles. The summed E-state index contributed by atoms with van der Waals surface area (Å²) in [7, 11) is 0. The molecule has 9 heteroatoms. The van der Waals surface area contributed by atoms with E-state index in [1.165, 1.54) is 23.1 Å². The van der Waals surface area contributed by atoms with E-state index in [9.17, 15) is 0 Å². The molecule has 0 aliphatic carbocycles. The molecule has 0 saturated heterocycles. The first-order valence-electron chi connectivity index (χ1n) is 8.62. The van der Waals surface area contributed by atoms with Crippen LogP contribution >= 0.6 is 58.7 Å². The van der Waals surface area contributed by atoms with E-state index in [0.29, 0.717) is 21.6 Å². The number of hydrogen-bond acceptors (Lipinski definition) is 6. The van der Waals surface area contributed by atoms with Crippen molar-refractivity contribution in [2.24, 2.45) is 0 Å². The SMILES string of the molecule is Cc1csc(Nc2ncc(Sc3cc(Cl)ccc3Cl)cc2Oc2ccccc2)n1.Cl. The van der Waals surface area contributed by atoms with Gasteiger partial charge in [-0.2, -0.15) is 0 Å². The molecule has 0 aliphatic heterocycles. The van der Waals surface area contributed by atoms with Gasteiger partial charge in [-0.15, -0.1) is 23.7 Å². The molecule has 0 bridgehead atoms. The summed E-state index contributed by atoms with van der Waals surface area (Å²) in [6.45, 7) is 1.95. The largest absolute Gasteiger partial charge is 0.453 e. The normalized spacial score (nSPS) is 10.4. The number of ether oxygens (including phenoxy) is 1. The van der Waals surface area contributed by atoms with Gasteiger partial charge in [-0.3, -0.25) is 0 Å². The van der Waals surface area contributed by atoms with E-state index < -0.39 is 0 Å². The zero-order valence-electron chi connectivity index (χ0n) is 15.6. The number of rotatable bonds is 6. The van der Waals surface area contributed by atoms with Crippen LogP contribution in [0.2, 0.25) is 10.0 Å². The van der Waals surface area contributed by atoms with Gasteiger partial charge in [-0.1, -0.05) is 53.2 Å². The van der Waals surface area contributed by atoms with Crippen LogP contribution in [0.15, 0.2) is 76.0 Å². The van der Waals surface area contributed by atoms with E-state index in [-0.39, 0.29) is 12.4 Å². The summed E-state index contributed by atoms with van der Waals surface area (Å²) in [6, 6.07) is 16.9. The number of thiazole rings is 1. The summed E-state index contributed by atoms with van der Waals surface area (Å²) in [5.74, 6) is 1.90. The fourth-order valence-corrected chi connectivity index (χ4v) is 4.50. The molecular weight excluding hydrogens is 481 g/mol. The molecule has 0 saturated carbocycles. The molecule has 2 heterocycles. The van der Waals surface area contributed by atoms with E-state index in [0.717, 1.165) is 26.4 Å². The second-order valence-corrected chi connectivity index (χ2v) is 8.85. The van der Waals surface area contributed by atoms with Crippen molar-refractivity contribution >= 4 is 69.7 Å². The first-order chi connectivity index (χ1) is 14.1. The first-order valence-corrected chi connectivity index (χ1v) is 11.1. The van der Waals surface area contributed by atoms with E-state index in [2.05, 4.69) is 15.3 Å². The van der Waals surface area contributed by atoms with Crippen LogP contribution in [-0.4, -0.2) is 9.97 Å². The third kappa shape index (κ3) is 5.80. The molecular formula is C21H16Cl3N3OS2. The Hall–Kier alpha value is -1.96. The average molecular weight is 497 g/mol. The number of anilines is 2. The van der Waals surface area contributed by atoms with Crippen molar-refractivity contribution in [2.45, 2.75) is 16.7 Å². The third-order valence-corrected chi connectivity index (χ3v) is 6.33. The average Bonchev–Trinajstić information content (AvgIpc) is 3.12. The van der Waals surface area contributed by atoms with Crippen LogP contribution in [0.5, 0.6) is 11.5 Å². The number of para-hydroxylation sites is 1. The Labute approximate surface area is 199 Å². The number of nitrogens with one attached hydrogen (secondary N) is 1. The number of pyridine rings is 1. The number of nitrogens with zero attached hydrogens (tertiary/aromatic N) is 2. The molecule has 2 aromatic carbocycles. The van der Waals surface area contributed by atoms with Gasteiger partial charge in [0.2, 0.25) is 0 Å². The van der Waals surface area contributed by atoms with E-state index in [4.69, 9.17) is 27.9 Å². The summed E-state index contributed by atoms with van der Waals surface area (Å²) in [4.78, 5) is 10.7. The lowest BCUT2D eigenvalue weighted by Gasteiger charge is -2.13. The van der Waals surface area contributed by atoms with E-state index in [1.54, 1.807) is 18.3 Å². The van der Waals surface area contributed by atoms with Crippen molar-refractivity contribution in [3.63, 3.8) is 0 Å². The second kappa shape index (κ2) is 10.4. The molecule has 30 heavy (non-hydrogen) atoms. The highest BCUT2D eigenvalue weighted by Gasteiger charge is 2.13. The van der Waals surface area contributed by atoms with Gasteiger partial charge in [0.05, 0.1) is 10.7 Å². The number of hydrogen-bond donors (Lipinski definition) is 1. The first kappa shape index (κ1) is 22.7. The van der Waals surface area contributed by atoms with E-state index in [1.807, 2.05) is 54.8 Å². The lowest BCUT2D eigenvalue weighted by atomic mass is 10.3. The summed E-state index contributed by atoms with van der Waals surface area (Å²) in [6.07, 6.45) is 1.77. The Morgan fingerprint density at radius 3 is 2.60 bits per heavy atom.